The maximum absolute atomic E-state index is 12.7. The minimum atomic E-state index is -4.79. The first-order valence-corrected chi connectivity index (χ1v) is 8.87. The second-order valence-corrected chi connectivity index (χ2v) is 6.51. The molecule has 0 aromatic heterocycles. The zero-order valence-corrected chi connectivity index (χ0v) is 15.7. The van der Waals surface area contributed by atoms with Crippen LogP contribution in [0.3, 0.4) is 0 Å². The van der Waals surface area contributed by atoms with Crippen LogP contribution in [0.2, 0.25) is 0 Å². The van der Waals surface area contributed by atoms with E-state index in [1.807, 2.05) is 0 Å². The van der Waals surface area contributed by atoms with Crippen LogP contribution >= 0.6 is 0 Å². The molecule has 1 aliphatic rings. The van der Waals surface area contributed by atoms with Crippen molar-refractivity contribution in [3.8, 4) is 11.5 Å². The molecule has 0 spiro atoms. The SMILES string of the molecule is O=C1/C(=C/c2ccc(OC(F)(F)F)cc2)CNC/C1=C\c1ccc(OC(F)(F)F)cc1. The van der Waals surface area contributed by atoms with Crippen molar-refractivity contribution in [3.05, 3.63) is 70.8 Å². The average molecular weight is 443 g/mol. The molecule has 1 N–H and O–H groups in total. The zero-order chi connectivity index (χ0) is 22.6. The van der Waals surface area contributed by atoms with E-state index >= 15 is 0 Å². The van der Waals surface area contributed by atoms with E-state index in [1.54, 1.807) is 12.2 Å². The molecule has 0 atom stereocenters. The summed E-state index contributed by atoms with van der Waals surface area (Å²) in [5.41, 5.74) is 1.79. The summed E-state index contributed by atoms with van der Waals surface area (Å²) in [4.78, 5) is 12.7. The quantitative estimate of drug-likeness (QED) is 0.526. The first-order valence-electron chi connectivity index (χ1n) is 8.87. The van der Waals surface area contributed by atoms with Crippen molar-refractivity contribution in [2.75, 3.05) is 13.1 Å². The second-order valence-electron chi connectivity index (χ2n) is 6.51. The van der Waals surface area contributed by atoms with Crippen LogP contribution in [0.5, 0.6) is 11.5 Å². The van der Waals surface area contributed by atoms with E-state index in [-0.39, 0.29) is 30.4 Å². The van der Waals surface area contributed by atoms with Crippen LogP contribution in [-0.2, 0) is 4.79 Å². The van der Waals surface area contributed by atoms with Gasteiger partial charge in [0.2, 0.25) is 0 Å². The van der Waals surface area contributed by atoms with E-state index in [9.17, 15) is 31.1 Å². The predicted octanol–water partition coefficient (Wildman–Crippen LogP) is 5.12. The average Bonchev–Trinajstić information content (AvgIpc) is 2.66. The Morgan fingerprint density at radius 3 is 1.35 bits per heavy atom. The maximum atomic E-state index is 12.7. The number of carbonyl (C=O) groups excluding carboxylic acids is 1. The van der Waals surface area contributed by atoms with Gasteiger partial charge in [-0.15, -0.1) is 26.3 Å². The Hall–Kier alpha value is -3.27. The van der Waals surface area contributed by atoms with Crippen LogP contribution in [0.4, 0.5) is 26.3 Å². The zero-order valence-electron chi connectivity index (χ0n) is 15.7. The number of hydrogen-bond donors (Lipinski definition) is 1. The number of Topliss-reactive ketones (excluding diaryl/α,β-unsaturated/α-hetero) is 1. The van der Waals surface area contributed by atoms with Crippen LogP contribution in [0.15, 0.2) is 59.7 Å². The molecule has 10 heteroatoms. The molecule has 1 aliphatic heterocycles. The lowest BCUT2D eigenvalue weighted by molar-refractivity contribution is -0.275. The molecule has 0 aliphatic carbocycles. The Morgan fingerprint density at radius 2 is 1.03 bits per heavy atom. The number of hydrogen-bond acceptors (Lipinski definition) is 4. The Morgan fingerprint density at radius 1 is 0.677 bits per heavy atom. The molecule has 0 amide bonds. The van der Waals surface area contributed by atoms with Crippen LogP contribution in [0, 0.1) is 0 Å². The fourth-order valence-electron chi connectivity index (χ4n) is 2.87. The molecular formula is C21H15F6NO3. The van der Waals surface area contributed by atoms with Gasteiger partial charge in [0, 0.05) is 24.2 Å². The van der Waals surface area contributed by atoms with Gasteiger partial charge in [-0.25, -0.2) is 0 Å². The fourth-order valence-corrected chi connectivity index (χ4v) is 2.87. The van der Waals surface area contributed by atoms with Gasteiger partial charge in [0.05, 0.1) is 0 Å². The largest absolute Gasteiger partial charge is 0.573 e. The Balaban J connectivity index is 1.73. The van der Waals surface area contributed by atoms with Crippen LogP contribution < -0.4 is 14.8 Å². The molecule has 0 radical (unpaired) electrons. The third kappa shape index (κ3) is 6.88. The highest BCUT2D eigenvalue weighted by Gasteiger charge is 2.31. The smallest absolute Gasteiger partial charge is 0.406 e. The monoisotopic (exact) mass is 443 g/mol. The third-order valence-corrected chi connectivity index (χ3v) is 4.12. The summed E-state index contributed by atoms with van der Waals surface area (Å²) in [6, 6.07) is 10.1. The van der Waals surface area contributed by atoms with Crippen molar-refractivity contribution in [3.63, 3.8) is 0 Å². The highest BCUT2D eigenvalue weighted by atomic mass is 19.4. The lowest BCUT2D eigenvalue weighted by atomic mass is 9.95. The Kier molecular flexibility index (Phi) is 6.40. The number of ketones is 1. The Bertz CT molecular complexity index is 910. The molecule has 0 bridgehead atoms. The number of rotatable bonds is 4. The number of piperidine rings is 1. The highest BCUT2D eigenvalue weighted by Crippen LogP contribution is 2.25. The van der Waals surface area contributed by atoms with Gasteiger partial charge in [-0.2, -0.15) is 0 Å². The molecule has 164 valence electrons. The van der Waals surface area contributed by atoms with Gasteiger partial charge < -0.3 is 14.8 Å². The van der Waals surface area contributed by atoms with Gasteiger partial charge in [0.1, 0.15) is 11.5 Å². The lowest BCUT2D eigenvalue weighted by Gasteiger charge is -2.18. The molecule has 1 saturated heterocycles. The number of nitrogens with one attached hydrogen (secondary N) is 1. The van der Waals surface area contributed by atoms with Gasteiger partial charge in [-0.05, 0) is 47.5 Å². The molecule has 1 heterocycles. The summed E-state index contributed by atoms with van der Waals surface area (Å²) < 4.78 is 81.0. The number of ether oxygens (including phenoxy) is 2. The van der Waals surface area contributed by atoms with Crippen LogP contribution in [0.1, 0.15) is 11.1 Å². The lowest BCUT2D eigenvalue weighted by Crippen LogP contribution is -2.32. The molecular weight excluding hydrogens is 428 g/mol. The van der Waals surface area contributed by atoms with Crippen LogP contribution in [0.25, 0.3) is 12.2 Å². The summed E-state index contributed by atoms with van der Waals surface area (Å²) in [6.07, 6.45) is -6.50. The van der Waals surface area contributed by atoms with Gasteiger partial charge in [-0.3, -0.25) is 4.79 Å². The maximum Gasteiger partial charge on any atom is 0.573 e. The van der Waals surface area contributed by atoms with Crippen molar-refractivity contribution in [2.24, 2.45) is 0 Å². The van der Waals surface area contributed by atoms with Crippen molar-refractivity contribution in [1.82, 2.24) is 5.32 Å². The van der Waals surface area contributed by atoms with Crippen LogP contribution in [-0.4, -0.2) is 31.6 Å². The van der Waals surface area contributed by atoms with Gasteiger partial charge in [-0.1, -0.05) is 24.3 Å². The third-order valence-electron chi connectivity index (χ3n) is 4.12. The van der Waals surface area contributed by atoms with Gasteiger partial charge in [0.25, 0.3) is 0 Å². The van der Waals surface area contributed by atoms with E-state index < -0.39 is 12.7 Å². The molecule has 1 fully saturated rings. The molecule has 4 nitrogen and oxygen atoms in total. The van der Waals surface area contributed by atoms with Gasteiger partial charge in [0.15, 0.2) is 5.78 Å². The molecule has 0 unspecified atom stereocenters. The summed E-state index contributed by atoms with van der Waals surface area (Å²) in [5, 5.41) is 3.04. The molecule has 31 heavy (non-hydrogen) atoms. The number of halogens is 6. The summed E-state index contributed by atoms with van der Waals surface area (Å²) in [7, 11) is 0. The Labute approximate surface area is 172 Å². The predicted molar refractivity (Wildman–Crippen MR) is 100 cm³/mol. The van der Waals surface area contributed by atoms with E-state index in [2.05, 4.69) is 14.8 Å². The van der Waals surface area contributed by atoms with Crippen molar-refractivity contribution in [1.29, 1.82) is 0 Å². The summed E-state index contributed by atoms with van der Waals surface area (Å²) in [5.74, 6) is -1.02. The highest BCUT2D eigenvalue weighted by molar-refractivity contribution is 6.14. The minimum Gasteiger partial charge on any atom is -0.406 e. The topological polar surface area (TPSA) is 47.6 Å². The van der Waals surface area contributed by atoms with E-state index in [1.165, 1.54) is 24.3 Å². The van der Waals surface area contributed by atoms with Crippen molar-refractivity contribution in [2.45, 2.75) is 12.7 Å². The number of alkyl halides is 6. The fraction of sp³-hybridized carbons (Fsp3) is 0.190. The first kappa shape index (κ1) is 22.4. The van der Waals surface area contributed by atoms with E-state index in [0.29, 0.717) is 22.3 Å². The molecule has 2 aromatic rings. The second kappa shape index (κ2) is 8.84. The molecule has 3 rings (SSSR count). The van der Waals surface area contributed by atoms with E-state index in [4.69, 9.17) is 0 Å². The molecule has 0 saturated carbocycles. The summed E-state index contributed by atoms with van der Waals surface area (Å²) in [6.45, 7) is 0.519. The first-order chi connectivity index (χ1) is 14.5. The van der Waals surface area contributed by atoms with Gasteiger partial charge >= 0.3 is 12.7 Å². The normalized spacial score (nSPS) is 17.8. The standard InChI is InChI=1S/C21H15F6NO3/c22-20(23,24)30-17-5-1-13(2-6-17)9-15-11-28-12-16(19(15)29)10-14-3-7-18(8-4-14)31-21(25,26)27/h1-10,28H,11-12H2/b15-9+,16-10+. The number of carbonyl (C=O) groups is 1. The van der Waals surface area contributed by atoms with E-state index in [0.717, 1.165) is 24.3 Å². The minimum absolute atomic E-state index is 0.259. The van der Waals surface area contributed by atoms with Crippen molar-refractivity contribution >= 4 is 17.9 Å². The molecule has 2 aromatic carbocycles. The summed E-state index contributed by atoms with van der Waals surface area (Å²) >= 11 is 0. The van der Waals surface area contributed by atoms with Crippen molar-refractivity contribution < 1.29 is 40.6 Å². The number of benzene rings is 2.